The predicted octanol–water partition coefficient (Wildman–Crippen LogP) is 2.89. The number of nitrogens with zero attached hydrogens (tertiary/aromatic N) is 5. The Morgan fingerprint density at radius 2 is 2.15 bits per heavy atom. The molecule has 0 unspecified atom stereocenters. The predicted molar refractivity (Wildman–Crippen MR) is 98.7 cm³/mol. The Hall–Kier alpha value is -2.81. The van der Waals surface area contributed by atoms with Crippen LogP contribution in [0.2, 0.25) is 0 Å². The van der Waals surface area contributed by atoms with Crippen LogP contribution in [0.4, 0.5) is 5.82 Å². The van der Waals surface area contributed by atoms with Crippen LogP contribution in [-0.2, 0) is 11.2 Å². The summed E-state index contributed by atoms with van der Waals surface area (Å²) in [6.07, 6.45) is 3.79. The van der Waals surface area contributed by atoms with Gasteiger partial charge in [0, 0.05) is 37.8 Å². The van der Waals surface area contributed by atoms with Crippen molar-refractivity contribution in [2.45, 2.75) is 39.0 Å². The van der Waals surface area contributed by atoms with Gasteiger partial charge >= 0.3 is 0 Å². The van der Waals surface area contributed by atoms with Crippen molar-refractivity contribution in [3.05, 3.63) is 47.4 Å². The van der Waals surface area contributed by atoms with Crippen molar-refractivity contribution in [3.8, 4) is 6.07 Å². The number of pyridine rings is 1. The van der Waals surface area contributed by atoms with E-state index in [9.17, 15) is 4.79 Å². The fraction of sp³-hybridized carbons (Fsp3) is 0.450. The van der Waals surface area contributed by atoms with Crippen LogP contribution in [-0.4, -0.2) is 34.1 Å². The molecule has 134 valence electrons. The van der Waals surface area contributed by atoms with Gasteiger partial charge in [-0.25, -0.2) is 0 Å². The fourth-order valence-electron chi connectivity index (χ4n) is 3.24. The third-order valence-corrected chi connectivity index (χ3v) is 4.78. The van der Waals surface area contributed by atoms with Crippen molar-refractivity contribution in [1.29, 1.82) is 5.26 Å². The van der Waals surface area contributed by atoms with E-state index in [2.05, 4.69) is 40.0 Å². The molecule has 1 saturated heterocycles. The Labute approximate surface area is 153 Å². The smallest absolute Gasteiger partial charge is 0.163 e. The lowest BCUT2D eigenvalue weighted by Crippen LogP contribution is -2.22. The molecule has 1 fully saturated rings. The van der Waals surface area contributed by atoms with Gasteiger partial charge in [0.1, 0.15) is 11.9 Å². The number of hydrogen-bond acceptors (Lipinski definition) is 6. The monoisotopic (exact) mass is 349 g/mol. The van der Waals surface area contributed by atoms with Gasteiger partial charge < -0.3 is 4.90 Å². The van der Waals surface area contributed by atoms with Gasteiger partial charge in [0.2, 0.25) is 0 Å². The Kier molecular flexibility index (Phi) is 5.57. The summed E-state index contributed by atoms with van der Waals surface area (Å²) < 4.78 is 0. The molecule has 3 heterocycles. The Bertz CT molecular complexity index is 792. The largest absolute Gasteiger partial charge is 0.355 e. The maximum absolute atomic E-state index is 12.4. The van der Waals surface area contributed by atoms with E-state index < -0.39 is 0 Å². The highest BCUT2D eigenvalue weighted by Crippen LogP contribution is 2.24. The van der Waals surface area contributed by atoms with Gasteiger partial charge in [-0.3, -0.25) is 9.78 Å². The molecule has 1 atom stereocenters. The van der Waals surface area contributed by atoms with Gasteiger partial charge in [-0.05, 0) is 42.0 Å². The third-order valence-electron chi connectivity index (χ3n) is 4.78. The molecule has 2 aromatic rings. The molecule has 0 aromatic carbocycles. The Balaban J connectivity index is 1.51. The molecule has 0 saturated carbocycles. The lowest BCUT2D eigenvalue weighted by atomic mass is 9.99. The summed E-state index contributed by atoms with van der Waals surface area (Å²) >= 11 is 0. The van der Waals surface area contributed by atoms with Crippen LogP contribution >= 0.6 is 0 Å². The molecule has 0 N–H and O–H groups in total. The molecule has 6 heteroatoms. The van der Waals surface area contributed by atoms with Gasteiger partial charge in [-0.2, -0.15) is 5.26 Å². The molecule has 1 aliphatic rings. The summed E-state index contributed by atoms with van der Waals surface area (Å²) in [5.74, 6) is 1.77. The number of hydrogen-bond donors (Lipinski definition) is 0. The molecule has 0 aliphatic carbocycles. The second-order valence-corrected chi connectivity index (χ2v) is 7.15. The molecule has 0 spiro atoms. The zero-order valence-electron chi connectivity index (χ0n) is 15.2. The first-order valence-corrected chi connectivity index (χ1v) is 9.00. The van der Waals surface area contributed by atoms with Gasteiger partial charge in [-0.15, -0.1) is 10.2 Å². The van der Waals surface area contributed by atoms with E-state index in [0.717, 1.165) is 31.0 Å². The number of aromatic nitrogens is 3. The summed E-state index contributed by atoms with van der Waals surface area (Å²) in [6, 6.07) is 9.47. The molecular formula is C20H23N5O. The number of nitriles is 1. The van der Waals surface area contributed by atoms with E-state index in [1.165, 1.54) is 5.56 Å². The highest BCUT2D eigenvalue weighted by molar-refractivity contribution is 5.80. The van der Waals surface area contributed by atoms with Crippen molar-refractivity contribution in [2.24, 2.45) is 5.92 Å². The highest BCUT2D eigenvalue weighted by atomic mass is 16.1. The van der Waals surface area contributed by atoms with E-state index in [0.29, 0.717) is 30.4 Å². The Morgan fingerprint density at radius 1 is 1.31 bits per heavy atom. The molecule has 26 heavy (non-hydrogen) atoms. The first-order valence-electron chi connectivity index (χ1n) is 9.00. The second kappa shape index (κ2) is 8.05. The molecule has 3 rings (SSSR count). The van der Waals surface area contributed by atoms with E-state index >= 15 is 0 Å². The summed E-state index contributed by atoms with van der Waals surface area (Å²) in [7, 11) is 0. The van der Waals surface area contributed by atoms with Crippen LogP contribution in [0, 0.1) is 17.2 Å². The van der Waals surface area contributed by atoms with Crippen molar-refractivity contribution >= 4 is 11.6 Å². The number of ketones is 1. The number of carbonyl (C=O) groups is 1. The first-order chi connectivity index (χ1) is 12.5. The number of rotatable bonds is 6. The SMILES string of the molecule is CC(C)c1ccc(CC(=O)C[C@H]2CCN(c3ccc(C#N)nn3)C2)nc1. The molecule has 0 bridgehead atoms. The lowest BCUT2D eigenvalue weighted by molar-refractivity contribution is -0.119. The quantitative estimate of drug-likeness (QED) is 0.797. The van der Waals surface area contributed by atoms with Crippen LogP contribution in [0.15, 0.2) is 30.5 Å². The average Bonchev–Trinajstić information content (AvgIpc) is 3.10. The molecule has 2 aromatic heterocycles. The molecule has 0 radical (unpaired) electrons. The van der Waals surface area contributed by atoms with Crippen molar-refractivity contribution in [1.82, 2.24) is 15.2 Å². The minimum atomic E-state index is 0.229. The summed E-state index contributed by atoms with van der Waals surface area (Å²) in [6.45, 7) is 5.92. The van der Waals surface area contributed by atoms with E-state index in [-0.39, 0.29) is 5.78 Å². The highest BCUT2D eigenvalue weighted by Gasteiger charge is 2.25. The Morgan fingerprint density at radius 3 is 2.77 bits per heavy atom. The minimum Gasteiger partial charge on any atom is -0.355 e. The van der Waals surface area contributed by atoms with E-state index in [1.54, 1.807) is 6.07 Å². The van der Waals surface area contributed by atoms with Crippen LogP contribution < -0.4 is 4.90 Å². The second-order valence-electron chi connectivity index (χ2n) is 7.15. The zero-order valence-corrected chi connectivity index (χ0v) is 15.2. The maximum atomic E-state index is 12.4. The van der Waals surface area contributed by atoms with Gasteiger partial charge in [0.15, 0.2) is 11.5 Å². The van der Waals surface area contributed by atoms with Crippen molar-refractivity contribution < 1.29 is 4.79 Å². The van der Waals surface area contributed by atoms with Gasteiger partial charge in [-0.1, -0.05) is 19.9 Å². The molecule has 1 aliphatic heterocycles. The lowest BCUT2D eigenvalue weighted by Gasteiger charge is -2.16. The van der Waals surface area contributed by atoms with Crippen LogP contribution in [0.5, 0.6) is 0 Å². The minimum absolute atomic E-state index is 0.229. The average molecular weight is 349 g/mol. The molecule has 6 nitrogen and oxygen atoms in total. The van der Waals surface area contributed by atoms with Gasteiger partial charge in [0.25, 0.3) is 0 Å². The maximum Gasteiger partial charge on any atom is 0.163 e. The standard InChI is InChI=1S/C20H23N5O/c1-14(2)16-3-4-17(22-12-16)10-19(26)9-15-7-8-25(13-15)20-6-5-18(11-21)23-24-20/h3-6,12,14-15H,7-10,13H2,1-2H3/t15-/m1/s1. The van der Waals surface area contributed by atoms with Crippen LogP contribution in [0.1, 0.15) is 49.6 Å². The zero-order chi connectivity index (χ0) is 18.5. The van der Waals surface area contributed by atoms with Crippen molar-refractivity contribution in [2.75, 3.05) is 18.0 Å². The fourth-order valence-corrected chi connectivity index (χ4v) is 3.24. The molecular weight excluding hydrogens is 326 g/mol. The van der Waals surface area contributed by atoms with Gasteiger partial charge in [0.05, 0.1) is 0 Å². The number of Topliss-reactive ketones (excluding diaryl/α,β-unsaturated/α-hetero) is 1. The van der Waals surface area contributed by atoms with Crippen molar-refractivity contribution in [3.63, 3.8) is 0 Å². The first kappa shape index (κ1) is 18.0. The summed E-state index contributed by atoms with van der Waals surface area (Å²) in [5, 5.41) is 16.8. The number of anilines is 1. The van der Waals surface area contributed by atoms with E-state index in [4.69, 9.17) is 5.26 Å². The molecule has 0 amide bonds. The normalized spacial score (nSPS) is 16.7. The summed E-state index contributed by atoms with van der Waals surface area (Å²) in [4.78, 5) is 18.9. The summed E-state index contributed by atoms with van der Waals surface area (Å²) in [5.41, 5.74) is 2.35. The van der Waals surface area contributed by atoms with Crippen LogP contribution in [0.3, 0.4) is 0 Å². The third kappa shape index (κ3) is 4.42. The number of carbonyl (C=O) groups excluding carboxylic acids is 1. The van der Waals surface area contributed by atoms with Crippen LogP contribution in [0.25, 0.3) is 0 Å². The topological polar surface area (TPSA) is 82.8 Å². The van der Waals surface area contributed by atoms with E-state index in [1.807, 2.05) is 24.4 Å².